The minimum Gasteiger partial charge on any atom is -0.497 e. The smallest absolute Gasteiger partial charge is 0.337 e. The van der Waals surface area contributed by atoms with Gasteiger partial charge in [-0.15, -0.1) is 0 Å². The first-order valence-electron chi connectivity index (χ1n) is 11.8. The Kier molecular flexibility index (Phi) is 7.31. The van der Waals surface area contributed by atoms with E-state index in [1.807, 2.05) is 35.0 Å². The predicted octanol–water partition coefficient (Wildman–Crippen LogP) is 4.62. The van der Waals surface area contributed by atoms with Gasteiger partial charge in [0, 0.05) is 24.7 Å². The van der Waals surface area contributed by atoms with Crippen molar-refractivity contribution in [1.29, 1.82) is 0 Å². The molecule has 3 aromatic rings. The third kappa shape index (κ3) is 5.27. The maximum atomic E-state index is 12.1. The normalized spacial score (nSPS) is 13.7. The number of nitrogens with zero attached hydrogens (tertiary/aromatic N) is 3. The molecule has 0 saturated carbocycles. The van der Waals surface area contributed by atoms with E-state index >= 15 is 0 Å². The molecule has 2 aromatic carbocycles. The van der Waals surface area contributed by atoms with Gasteiger partial charge in [-0.25, -0.2) is 9.48 Å². The zero-order chi connectivity index (χ0) is 25.0. The highest BCUT2D eigenvalue weighted by Crippen LogP contribution is 2.35. The van der Waals surface area contributed by atoms with Crippen LogP contribution in [-0.4, -0.2) is 55.8 Å². The van der Waals surface area contributed by atoms with Crippen molar-refractivity contribution in [2.75, 3.05) is 39.3 Å². The minimum atomic E-state index is -1.09. The van der Waals surface area contributed by atoms with Crippen LogP contribution in [0.3, 0.4) is 0 Å². The summed E-state index contributed by atoms with van der Waals surface area (Å²) in [5.41, 5.74) is 3.46. The Morgan fingerprint density at radius 3 is 2.17 bits per heavy atom. The maximum Gasteiger partial charge on any atom is 0.337 e. The fourth-order valence-corrected chi connectivity index (χ4v) is 4.27. The number of carbonyl (C=O) groups is 1. The van der Waals surface area contributed by atoms with Crippen molar-refractivity contribution >= 4 is 11.7 Å². The van der Waals surface area contributed by atoms with E-state index in [-0.39, 0.29) is 6.61 Å². The average Bonchev–Trinajstić information content (AvgIpc) is 3.57. The highest BCUT2D eigenvalue weighted by atomic mass is 16.6. The van der Waals surface area contributed by atoms with E-state index in [0.717, 1.165) is 35.7 Å². The second-order valence-electron chi connectivity index (χ2n) is 9.01. The third-order valence-electron chi connectivity index (χ3n) is 6.22. The Morgan fingerprint density at radius 1 is 0.943 bits per heavy atom. The van der Waals surface area contributed by atoms with E-state index in [2.05, 4.69) is 23.1 Å². The van der Waals surface area contributed by atoms with Crippen LogP contribution in [0.25, 0.3) is 16.9 Å². The molecule has 1 aromatic heterocycles. The Labute approximate surface area is 206 Å². The van der Waals surface area contributed by atoms with E-state index < -0.39 is 11.6 Å². The number of hydrogen-bond donors (Lipinski definition) is 0. The zero-order valence-electron chi connectivity index (χ0n) is 21.0. The molecule has 8 heteroatoms. The summed E-state index contributed by atoms with van der Waals surface area (Å²) in [6.07, 6.45) is 2.35. The van der Waals surface area contributed by atoms with E-state index in [4.69, 9.17) is 24.0 Å². The SMILES string of the molecule is COC(=O)C(C)(C)OCc1cc(-c2cc(OC)cc(OC)c2)n(-c2ccccc2N2CCCC2)n1. The predicted molar refractivity (Wildman–Crippen MR) is 134 cm³/mol. The number of aromatic nitrogens is 2. The molecule has 0 aliphatic carbocycles. The van der Waals surface area contributed by atoms with Crippen LogP contribution in [0.2, 0.25) is 0 Å². The molecule has 0 amide bonds. The lowest BCUT2D eigenvalue weighted by molar-refractivity contribution is -0.166. The van der Waals surface area contributed by atoms with Crippen LogP contribution in [0.15, 0.2) is 48.5 Å². The second-order valence-corrected chi connectivity index (χ2v) is 9.01. The molecule has 1 fully saturated rings. The largest absolute Gasteiger partial charge is 0.497 e. The topological polar surface area (TPSA) is 75.1 Å². The van der Waals surface area contributed by atoms with E-state index in [9.17, 15) is 4.79 Å². The molecule has 0 spiro atoms. The van der Waals surface area contributed by atoms with Crippen LogP contribution >= 0.6 is 0 Å². The van der Waals surface area contributed by atoms with Crippen molar-refractivity contribution in [1.82, 2.24) is 9.78 Å². The number of para-hydroxylation sites is 2. The van der Waals surface area contributed by atoms with Crippen LogP contribution in [0, 0.1) is 0 Å². The number of hydrogen-bond acceptors (Lipinski definition) is 7. The second kappa shape index (κ2) is 10.4. The Morgan fingerprint density at radius 2 is 1.57 bits per heavy atom. The number of esters is 1. The fourth-order valence-electron chi connectivity index (χ4n) is 4.27. The fraction of sp³-hybridized carbons (Fsp3) is 0.407. The minimum absolute atomic E-state index is 0.148. The average molecular weight is 480 g/mol. The first kappa shape index (κ1) is 24.6. The number of ether oxygens (including phenoxy) is 4. The number of anilines is 1. The molecule has 0 atom stereocenters. The molecule has 1 aliphatic rings. The van der Waals surface area contributed by atoms with Gasteiger partial charge in [-0.1, -0.05) is 12.1 Å². The summed E-state index contributed by atoms with van der Waals surface area (Å²) in [6, 6.07) is 16.0. The van der Waals surface area contributed by atoms with Crippen LogP contribution in [0.4, 0.5) is 5.69 Å². The molecule has 1 aliphatic heterocycles. The van der Waals surface area contributed by atoms with Gasteiger partial charge in [0.2, 0.25) is 0 Å². The number of carbonyl (C=O) groups excluding carboxylic acids is 1. The summed E-state index contributed by atoms with van der Waals surface area (Å²) in [4.78, 5) is 14.5. The molecule has 0 bridgehead atoms. The molecule has 2 heterocycles. The van der Waals surface area contributed by atoms with Crippen LogP contribution in [-0.2, 0) is 20.9 Å². The number of benzene rings is 2. The molecule has 8 nitrogen and oxygen atoms in total. The molecule has 4 rings (SSSR count). The van der Waals surface area contributed by atoms with Crippen molar-refractivity contribution < 1.29 is 23.7 Å². The molecular weight excluding hydrogens is 446 g/mol. The highest BCUT2D eigenvalue weighted by molar-refractivity contribution is 5.78. The van der Waals surface area contributed by atoms with E-state index in [0.29, 0.717) is 17.2 Å². The van der Waals surface area contributed by atoms with Gasteiger partial charge in [0.25, 0.3) is 0 Å². The van der Waals surface area contributed by atoms with Crippen molar-refractivity contribution in [3.63, 3.8) is 0 Å². The summed E-state index contributed by atoms with van der Waals surface area (Å²) >= 11 is 0. The summed E-state index contributed by atoms with van der Waals surface area (Å²) < 4.78 is 23.8. The Hall–Kier alpha value is -3.52. The van der Waals surface area contributed by atoms with Crippen molar-refractivity contribution in [3.8, 4) is 28.4 Å². The van der Waals surface area contributed by atoms with Gasteiger partial charge in [-0.2, -0.15) is 5.10 Å². The lowest BCUT2D eigenvalue weighted by Gasteiger charge is -2.22. The van der Waals surface area contributed by atoms with Crippen LogP contribution in [0.5, 0.6) is 11.5 Å². The molecule has 35 heavy (non-hydrogen) atoms. The number of rotatable bonds is 9. The van der Waals surface area contributed by atoms with Gasteiger partial charge in [0.05, 0.1) is 50.7 Å². The van der Waals surface area contributed by atoms with Gasteiger partial charge in [0.1, 0.15) is 11.5 Å². The lowest BCUT2D eigenvalue weighted by atomic mass is 10.1. The first-order chi connectivity index (χ1) is 16.9. The first-order valence-corrected chi connectivity index (χ1v) is 11.8. The van der Waals surface area contributed by atoms with Gasteiger partial charge in [0.15, 0.2) is 5.60 Å². The summed E-state index contributed by atoms with van der Waals surface area (Å²) in [5.74, 6) is 0.933. The van der Waals surface area contributed by atoms with Gasteiger partial charge >= 0.3 is 5.97 Å². The standard InChI is InChI=1S/C27H33N3O5/c1-27(2,26(31)34-5)35-18-20-16-25(19-14-21(32-3)17-22(15-19)33-4)30(28-20)24-11-7-6-10-23(24)29-12-8-9-13-29/h6-7,10-11,14-17H,8-9,12-13,18H2,1-5H3. The molecule has 1 saturated heterocycles. The molecular formula is C27H33N3O5. The van der Waals surface area contributed by atoms with Gasteiger partial charge in [-0.05, 0) is 57.0 Å². The molecule has 0 radical (unpaired) electrons. The third-order valence-corrected chi connectivity index (χ3v) is 6.22. The Balaban J connectivity index is 1.81. The molecule has 0 unspecified atom stereocenters. The van der Waals surface area contributed by atoms with Gasteiger partial charge in [-0.3, -0.25) is 0 Å². The van der Waals surface area contributed by atoms with Gasteiger partial charge < -0.3 is 23.8 Å². The number of methoxy groups -OCH3 is 3. The summed E-state index contributed by atoms with van der Waals surface area (Å²) in [7, 11) is 4.62. The highest BCUT2D eigenvalue weighted by Gasteiger charge is 2.30. The zero-order valence-corrected chi connectivity index (χ0v) is 21.0. The summed E-state index contributed by atoms with van der Waals surface area (Å²) in [5, 5.41) is 4.92. The molecule has 186 valence electrons. The van der Waals surface area contributed by atoms with Crippen LogP contribution < -0.4 is 14.4 Å². The quantitative estimate of drug-likeness (QED) is 0.415. The lowest BCUT2D eigenvalue weighted by Crippen LogP contribution is -2.35. The monoisotopic (exact) mass is 479 g/mol. The molecule has 0 N–H and O–H groups in total. The van der Waals surface area contributed by atoms with Crippen molar-refractivity contribution in [2.45, 2.75) is 38.9 Å². The van der Waals surface area contributed by atoms with Crippen LogP contribution in [0.1, 0.15) is 32.4 Å². The Bertz CT molecular complexity index is 1160. The maximum absolute atomic E-state index is 12.1. The van der Waals surface area contributed by atoms with Crippen molar-refractivity contribution in [3.05, 3.63) is 54.2 Å². The summed E-state index contributed by atoms with van der Waals surface area (Å²) in [6.45, 7) is 5.56. The van der Waals surface area contributed by atoms with Crippen molar-refractivity contribution in [2.24, 2.45) is 0 Å². The van der Waals surface area contributed by atoms with E-state index in [1.165, 1.54) is 20.0 Å². The van der Waals surface area contributed by atoms with E-state index in [1.54, 1.807) is 28.1 Å².